The number of hydrogen-bond acceptors (Lipinski definition) is 2. The van der Waals surface area contributed by atoms with Crippen LogP contribution in [0.15, 0.2) is 18.2 Å². The lowest BCUT2D eigenvalue weighted by molar-refractivity contribution is 0.0604. The minimum absolute atomic E-state index is 0. The molecule has 1 aliphatic heterocycles. The summed E-state index contributed by atoms with van der Waals surface area (Å²) in [6.07, 6.45) is 4.31. The number of hydrogen-bond donors (Lipinski definition) is 1. The fourth-order valence-corrected chi connectivity index (χ4v) is 3.32. The zero-order chi connectivity index (χ0) is 13.8. The number of aryl methyl sites for hydroxylation is 1. The number of halogens is 2. The average molecular weight is 409 g/mol. The fourth-order valence-electron chi connectivity index (χ4n) is 2.73. The largest absolute Gasteiger partial charge is 0.336 e. The van der Waals surface area contributed by atoms with Crippen LogP contribution in [0.3, 0.4) is 0 Å². The van der Waals surface area contributed by atoms with Crippen LogP contribution in [0.5, 0.6) is 0 Å². The summed E-state index contributed by atoms with van der Waals surface area (Å²) in [5.74, 6) is 0.172. The molecular weight excluding hydrogens is 387 g/mol. The topological polar surface area (TPSA) is 46.3 Å². The molecule has 0 radical (unpaired) electrons. The molecule has 0 aliphatic carbocycles. The van der Waals surface area contributed by atoms with Crippen molar-refractivity contribution in [1.82, 2.24) is 4.90 Å². The van der Waals surface area contributed by atoms with Gasteiger partial charge in [0.25, 0.3) is 5.91 Å². The molecule has 1 saturated heterocycles. The van der Waals surface area contributed by atoms with E-state index in [1.54, 1.807) is 0 Å². The van der Waals surface area contributed by atoms with Crippen LogP contribution >= 0.6 is 35.0 Å². The van der Waals surface area contributed by atoms with E-state index in [9.17, 15) is 4.79 Å². The van der Waals surface area contributed by atoms with Gasteiger partial charge in [-0.25, -0.2) is 0 Å². The predicted octanol–water partition coefficient (Wildman–Crippen LogP) is 3.36. The Bertz CT molecular complexity index is 465. The van der Waals surface area contributed by atoms with Crippen LogP contribution < -0.4 is 5.73 Å². The van der Waals surface area contributed by atoms with Crippen LogP contribution in [0.4, 0.5) is 0 Å². The lowest BCUT2D eigenvalue weighted by atomic mass is 9.98. The molecule has 1 heterocycles. The van der Waals surface area contributed by atoms with Gasteiger partial charge < -0.3 is 10.6 Å². The molecule has 1 aromatic carbocycles. The van der Waals surface area contributed by atoms with E-state index in [1.165, 1.54) is 12.0 Å². The maximum absolute atomic E-state index is 12.7. The lowest BCUT2D eigenvalue weighted by Gasteiger charge is -2.36. The molecule has 0 aromatic heterocycles. The highest BCUT2D eigenvalue weighted by Crippen LogP contribution is 2.24. The number of carbonyl (C=O) groups is 1. The van der Waals surface area contributed by atoms with Gasteiger partial charge in [-0.2, -0.15) is 0 Å². The van der Waals surface area contributed by atoms with Crippen LogP contribution in [-0.2, 0) is 0 Å². The van der Waals surface area contributed by atoms with Crippen molar-refractivity contribution in [2.24, 2.45) is 5.73 Å². The highest BCUT2D eigenvalue weighted by Gasteiger charge is 2.27. The Hall–Kier alpha value is -0.330. The number of amides is 1. The van der Waals surface area contributed by atoms with Gasteiger partial charge in [-0.1, -0.05) is 12.1 Å². The molecule has 0 bridgehead atoms. The molecule has 5 heteroatoms. The third kappa shape index (κ3) is 3.86. The summed E-state index contributed by atoms with van der Waals surface area (Å²) in [5, 5.41) is 0. The van der Waals surface area contributed by atoms with Crippen LogP contribution in [0.25, 0.3) is 0 Å². The summed E-state index contributed by atoms with van der Waals surface area (Å²) < 4.78 is 1.07. The monoisotopic (exact) mass is 408 g/mol. The SMILES string of the molecule is Cc1cccc(C(=O)N2CCCCC2CCN)c1I.Cl. The van der Waals surface area contributed by atoms with Crippen molar-refractivity contribution >= 4 is 40.9 Å². The molecule has 20 heavy (non-hydrogen) atoms. The standard InChI is InChI=1S/C15H21IN2O.ClH/c1-11-5-4-7-13(14(11)16)15(19)18-10-3-2-6-12(18)8-9-17;/h4-5,7,12H,2-3,6,8-10,17H2,1H3;1H. The van der Waals surface area contributed by atoms with Crippen LogP contribution in [0.1, 0.15) is 41.6 Å². The molecule has 2 N–H and O–H groups in total. The minimum Gasteiger partial charge on any atom is -0.336 e. The Morgan fingerprint density at radius 2 is 2.20 bits per heavy atom. The van der Waals surface area contributed by atoms with Gasteiger partial charge in [-0.3, -0.25) is 4.79 Å². The molecule has 0 saturated carbocycles. The van der Waals surface area contributed by atoms with E-state index < -0.39 is 0 Å². The first-order valence-electron chi connectivity index (χ1n) is 6.91. The smallest absolute Gasteiger partial charge is 0.255 e. The first-order valence-corrected chi connectivity index (χ1v) is 7.99. The molecule has 0 spiro atoms. The van der Waals surface area contributed by atoms with Gasteiger partial charge in [-0.05, 0) is 73.4 Å². The third-order valence-electron chi connectivity index (χ3n) is 3.81. The fraction of sp³-hybridized carbons (Fsp3) is 0.533. The second-order valence-corrected chi connectivity index (χ2v) is 6.24. The quantitative estimate of drug-likeness (QED) is 0.780. The van der Waals surface area contributed by atoms with Crippen molar-refractivity contribution in [2.75, 3.05) is 13.1 Å². The Labute approximate surface area is 140 Å². The molecular formula is C15H22ClIN2O. The van der Waals surface area contributed by atoms with E-state index in [1.807, 2.05) is 30.0 Å². The molecule has 2 rings (SSSR count). The van der Waals surface area contributed by atoms with Crippen molar-refractivity contribution in [3.63, 3.8) is 0 Å². The van der Waals surface area contributed by atoms with Gasteiger partial charge in [0.05, 0.1) is 5.56 Å². The van der Waals surface area contributed by atoms with Crippen LogP contribution in [-0.4, -0.2) is 29.9 Å². The highest BCUT2D eigenvalue weighted by molar-refractivity contribution is 14.1. The van der Waals surface area contributed by atoms with Crippen molar-refractivity contribution in [2.45, 2.75) is 38.6 Å². The Morgan fingerprint density at radius 1 is 1.45 bits per heavy atom. The maximum Gasteiger partial charge on any atom is 0.255 e. The average Bonchev–Trinajstić information content (AvgIpc) is 2.42. The van der Waals surface area contributed by atoms with Gasteiger partial charge >= 0.3 is 0 Å². The Morgan fingerprint density at radius 3 is 2.90 bits per heavy atom. The second-order valence-electron chi connectivity index (χ2n) is 5.16. The summed E-state index contributed by atoms with van der Waals surface area (Å²) in [6.45, 7) is 3.57. The zero-order valence-electron chi connectivity index (χ0n) is 11.8. The van der Waals surface area contributed by atoms with Gasteiger partial charge in [0.1, 0.15) is 0 Å². The van der Waals surface area contributed by atoms with Crippen molar-refractivity contribution in [3.8, 4) is 0 Å². The van der Waals surface area contributed by atoms with Gasteiger partial charge in [-0.15, -0.1) is 12.4 Å². The van der Waals surface area contributed by atoms with E-state index in [0.29, 0.717) is 12.6 Å². The van der Waals surface area contributed by atoms with Gasteiger partial charge in [0.2, 0.25) is 0 Å². The number of nitrogens with two attached hydrogens (primary N) is 1. The minimum atomic E-state index is 0. The number of benzene rings is 1. The highest BCUT2D eigenvalue weighted by atomic mass is 127. The zero-order valence-corrected chi connectivity index (χ0v) is 14.7. The number of likely N-dealkylation sites (tertiary alicyclic amines) is 1. The number of rotatable bonds is 3. The summed E-state index contributed by atoms with van der Waals surface area (Å²) in [7, 11) is 0. The first-order chi connectivity index (χ1) is 9.15. The van der Waals surface area contributed by atoms with E-state index in [4.69, 9.17) is 5.73 Å². The summed E-state index contributed by atoms with van der Waals surface area (Å²) in [6, 6.07) is 6.27. The second kappa shape index (κ2) is 8.20. The summed E-state index contributed by atoms with van der Waals surface area (Å²) in [5.41, 5.74) is 7.68. The molecule has 3 nitrogen and oxygen atoms in total. The molecule has 1 fully saturated rings. The summed E-state index contributed by atoms with van der Waals surface area (Å²) in [4.78, 5) is 14.8. The Kier molecular flexibility index (Phi) is 7.26. The van der Waals surface area contributed by atoms with Gasteiger partial charge in [0.15, 0.2) is 0 Å². The number of carbonyl (C=O) groups excluding carboxylic acids is 1. The van der Waals surface area contributed by atoms with E-state index in [-0.39, 0.29) is 18.3 Å². The summed E-state index contributed by atoms with van der Waals surface area (Å²) >= 11 is 2.27. The Balaban J connectivity index is 0.00000200. The maximum atomic E-state index is 12.7. The number of nitrogens with zero attached hydrogens (tertiary/aromatic N) is 1. The third-order valence-corrected chi connectivity index (χ3v) is 5.24. The molecule has 1 atom stereocenters. The lowest BCUT2D eigenvalue weighted by Crippen LogP contribution is -2.44. The normalized spacial score (nSPS) is 18.6. The van der Waals surface area contributed by atoms with Crippen LogP contribution in [0, 0.1) is 10.5 Å². The van der Waals surface area contributed by atoms with E-state index in [2.05, 4.69) is 22.6 Å². The molecule has 1 aliphatic rings. The molecule has 1 amide bonds. The van der Waals surface area contributed by atoms with E-state index in [0.717, 1.165) is 34.9 Å². The van der Waals surface area contributed by atoms with Crippen molar-refractivity contribution in [3.05, 3.63) is 32.9 Å². The molecule has 112 valence electrons. The molecule has 1 unspecified atom stereocenters. The van der Waals surface area contributed by atoms with Crippen LogP contribution in [0.2, 0.25) is 0 Å². The van der Waals surface area contributed by atoms with Gasteiger partial charge in [0, 0.05) is 16.2 Å². The van der Waals surface area contributed by atoms with E-state index >= 15 is 0 Å². The first kappa shape index (κ1) is 17.7. The van der Waals surface area contributed by atoms with Crippen molar-refractivity contribution in [1.29, 1.82) is 0 Å². The number of piperidine rings is 1. The molecule has 1 aromatic rings. The predicted molar refractivity (Wildman–Crippen MR) is 93.5 cm³/mol. The van der Waals surface area contributed by atoms with Crippen molar-refractivity contribution < 1.29 is 4.79 Å².